The number of fused-ring (bicyclic) bond motifs is 7. The molecule has 5 rings (SSSR count). The molecule has 32 heavy (non-hydrogen) atoms. The minimum atomic E-state index is -0.203. The normalized spacial score (nSPS) is 57.1. The van der Waals surface area contributed by atoms with Crippen LogP contribution in [0.1, 0.15) is 120 Å². The van der Waals surface area contributed by atoms with E-state index in [1.807, 2.05) is 0 Å². The van der Waals surface area contributed by atoms with Crippen LogP contribution in [0, 0.1) is 56.2 Å². The number of hydrogen-bond acceptors (Lipinski definition) is 2. The van der Waals surface area contributed by atoms with E-state index in [4.69, 9.17) is 0 Å². The van der Waals surface area contributed by atoms with Crippen LogP contribution in [0.2, 0.25) is 0 Å². The predicted octanol–water partition coefficient (Wildman–Crippen LogP) is 7.64. The molecule has 2 heteroatoms. The maximum atomic E-state index is 14.5. The summed E-state index contributed by atoms with van der Waals surface area (Å²) in [6.07, 6.45) is 11.1. The first-order chi connectivity index (χ1) is 14.6. The molecule has 0 bridgehead atoms. The van der Waals surface area contributed by atoms with Crippen LogP contribution in [0.3, 0.4) is 0 Å². The molecular weight excluding hydrogens is 392 g/mol. The molecule has 9 atom stereocenters. The SMILES string of the molecule is C[C@H]1C(=O)CC[C@H]2[C@]1(C)CC[C@H]1[C@@]2(C)CC(=O)[C@@]2(C)[C@@H]3CC(C)(C)CC[C@]3(C)CC[C@]12C. The van der Waals surface area contributed by atoms with Crippen molar-refractivity contribution in [3.8, 4) is 0 Å². The van der Waals surface area contributed by atoms with Gasteiger partial charge in [0.15, 0.2) is 0 Å². The van der Waals surface area contributed by atoms with Crippen molar-refractivity contribution in [1.29, 1.82) is 0 Å². The summed E-state index contributed by atoms with van der Waals surface area (Å²) in [6, 6.07) is 0. The molecule has 0 aromatic rings. The molecule has 0 heterocycles. The fourth-order valence-corrected chi connectivity index (χ4v) is 11.0. The zero-order chi connectivity index (χ0) is 23.5. The number of rotatable bonds is 0. The number of hydrogen-bond donors (Lipinski definition) is 0. The zero-order valence-electron chi connectivity index (χ0n) is 22.2. The van der Waals surface area contributed by atoms with Crippen LogP contribution in [0.25, 0.3) is 0 Å². The van der Waals surface area contributed by atoms with E-state index in [-0.39, 0.29) is 27.6 Å². The van der Waals surface area contributed by atoms with Gasteiger partial charge < -0.3 is 0 Å². The largest absolute Gasteiger partial charge is 0.299 e. The van der Waals surface area contributed by atoms with Gasteiger partial charge in [0.05, 0.1) is 0 Å². The van der Waals surface area contributed by atoms with Gasteiger partial charge in [-0.15, -0.1) is 0 Å². The summed E-state index contributed by atoms with van der Waals surface area (Å²) >= 11 is 0. The highest BCUT2D eigenvalue weighted by molar-refractivity contribution is 5.88. The van der Waals surface area contributed by atoms with Crippen LogP contribution in [0.15, 0.2) is 0 Å². The summed E-state index contributed by atoms with van der Waals surface area (Å²) in [5.41, 5.74) is 0.664. The van der Waals surface area contributed by atoms with Gasteiger partial charge in [0.25, 0.3) is 0 Å². The summed E-state index contributed by atoms with van der Waals surface area (Å²) in [6.45, 7) is 19.4. The molecule has 180 valence electrons. The fourth-order valence-electron chi connectivity index (χ4n) is 11.0. The highest BCUT2D eigenvalue weighted by Gasteiger charge is 2.73. The summed E-state index contributed by atoms with van der Waals surface area (Å²) in [4.78, 5) is 27.2. The average molecular weight is 441 g/mol. The lowest BCUT2D eigenvalue weighted by Crippen LogP contribution is -2.70. The van der Waals surface area contributed by atoms with Crippen LogP contribution in [0.5, 0.6) is 0 Å². The fraction of sp³-hybridized carbons (Fsp3) is 0.933. The van der Waals surface area contributed by atoms with E-state index in [1.54, 1.807) is 0 Å². The van der Waals surface area contributed by atoms with Crippen LogP contribution >= 0.6 is 0 Å². The Labute approximate surface area is 197 Å². The Hall–Kier alpha value is -0.660. The van der Waals surface area contributed by atoms with E-state index in [9.17, 15) is 9.59 Å². The second-order valence-electron chi connectivity index (χ2n) is 15.2. The Balaban J connectivity index is 1.60. The molecule has 0 saturated heterocycles. The van der Waals surface area contributed by atoms with Gasteiger partial charge in [0, 0.05) is 24.2 Å². The highest BCUT2D eigenvalue weighted by Crippen LogP contribution is 2.77. The molecule has 0 amide bonds. The third-order valence-corrected chi connectivity index (χ3v) is 13.5. The molecule has 0 radical (unpaired) electrons. The maximum absolute atomic E-state index is 14.5. The minimum Gasteiger partial charge on any atom is -0.299 e. The third-order valence-electron chi connectivity index (χ3n) is 13.5. The first kappa shape index (κ1) is 23.1. The van der Waals surface area contributed by atoms with Crippen molar-refractivity contribution >= 4 is 11.6 Å². The van der Waals surface area contributed by atoms with E-state index in [0.717, 1.165) is 25.7 Å². The van der Waals surface area contributed by atoms with Gasteiger partial charge in [0.2, 0.25) is 0 Å². The molecule has 5 fully saturated rings. The Morgan fingerprint density at radius 1 is 0.719 bits per heavy atom. The molecule has 0 aromatic carbocycles. The topological polar surface area (TPSA) is 34.1 Å². The molecule has 0 N–H and O–H groups in total. The zero-order valence-corrected chi connectivity index (χ0v) is 22.2. The number of carbonyl (C=O) groups excluding carboxylic acids is 2. The van der Waals surface area contributed by atoms with Crippen molar-refractivity contribution in [3.63, 3.8) is 0 Å². The van der Waals surface area contributed by atoms with E-state index in [2.05, 4.69) is 55.4 Å². The van der Waals surface area contributed by atoms with Crippen molar-refractivity contribution in [3.05, 3.63) is 0 Å². The van der Waals surface area contributed by atoms with Crippen molar-refractivity contribution in [2.24, 2.45) is 56.2 Å². The molecule has 0 aliphatic heterocycles. The molecule has 2 nitrogen and oxygen atoms in total. The van der Waals surface area contributed by atoms with Crippen molar-refractivity contribution < 1.29 is 9.59 Å². The lowest BCUT2D eigenvalue weighted by Gasteiger charge is -2.73. The lowest BCUT2D eigenvalue weighted by molar-refractivity contribution is -0.242. The van der Waals surface area contributed by atoms with Gasteiger partial charge >= 0.3 is 0 Å². The highest BCUT2D eigenvalue weighted by atomic mass is 16.1. The standard InChI is InChI=1S/C30H48O2/c1-19-20(31)9-10-21-27(19,5)12-11-22-28(21,6)18-24(32)30(8)23-17-25(2,3)13-14-26(23,4)15-16-29(22,30)7/h19,21-23H,9-18H2,1-8H3/t19-,21-,22-,23+,26+,27+,28-,29+,30+/m0/s1. The second kappa shape index (κ2) is 6.51. The summed E-state index contributed by atoms with van der Waals surface area (Å²) < 4.78 is 0. The Morgan fingerprint density at radius 2 is 1.38 bits per heavy atom. The maximum Gasteiger partial charge on any atom is 0.140 e. The van der Waals surface area contributed by atoms with Gasteiger partial charge in [-0.25, -0.2) is 0 Å². The van der Waals surface area contributed by atoms with E-state index < -0.39 is 0 Å². The second-order valence-corrected chi connectivity index (χ2v) is 15.2. The Kier molecular flexibility index (Phi) is 4.70. The third kappa shape index (κ3) is 2.59. The van der Waals surface area contributed by atoms with Crippen molar-refractivity contribution in [2.45, 2.75) is 120 Å². The Bertz CT molecular complexity index is 857. The van der Waals surface area contributed by atoms with Crippen LogP contribution in [-0.2, 0) is 9.59 Å². The van der Waals surface area contributed by atoms with E-state index in [0.29, 0.717) is 40.2 Å². The smallest absolute Gasteiger partial charge is 0.140 e. The number of Topliss-reactive ketones (excluding diaryl/α,β-unsaturated/α-hetero) is 2. The van der Waals surface area contributed by atoms with E-state index >= 15 is 0 Å². The minimum absolute atomic E-state index is 0.0469. The molecule has 5 aliphatic carbocycles. The summed E-state index contributed by atoms with van der Waals surface area (Å²) in [5, 5.41) is 0. The van der Waals surface area contributed by atoms with Gasteiger partial charge in [-0.2, -0.15) is 0 Å². The van der Waals surface area contributed by atoms with Gasteiger partial charge in [-0.1, -0.05) is 55.4 Å². The predicted molar refractivity (Wildman–Crippen MR) is 130 cm³/mol. The first-order valence-electron chi connectivity index (χ1n) is 13.7. The quantitative estimate of drug-likeness (QED) is 0.388. The summed E-state index contributed by atoms with van der Waals surface area (Å²) in [7, 11) is 0. The number of carbonyl (C=O) groups is 2. The molecule has 0 unspecified atom stereocenters. The molecular formula is C30H48O2. The van der Waals surface area contributed by atoms with Gasteiger partial charge in [-0.3, -0.25) is 9.59 Å². The summed E-state index contributed by atoms with van der Waals surface area (Å²) in [5.74, 6) is 2.79. The monoisotopic (exact) mass is 440 g/mol. The van der Waals surface area contributed by atoms with Crippen LogP contribution in [-0.4, -0.2) is 11.6 Å². The van der Waals surface area contributed by atoms with Crippen molar-refractivity contribution in [2.75, 3.05) is 0 Å². The molecule has 0 spiro atoms. The molecule has 5 saturated carbocycles. The van der Waals surface area contributed by atoms with Gasteiger partial charge in [0.1, 0.15) is 11.6 Å². The van der Waals surface area contributed by atoms with Gasteiger partial charge in [-0.05, 0) is 96.2 Å². The van der Waals surface area contributed by atoms with E-state index in [1.165, 1.54) is 38.5 Å². The molecule has 5 aliphatic rings. The molecule has 0 aromatic heterocycles. The van der Waals surface area contributed by atoms with Crippen molar-refractivity contribution in [1.82, 2.24) is 0 Å². The average Bonchev–Trinajstić information content (AvgIpc) is 2.70. The lowest BCUT2D eigenvalue weighted by atomic mass is 9.30. The van der Waals surface area contributed by atoms with Crippen LogP contribution < -0.4 is 0 Å². The first-order valence-corrected chi connectivity index (χ1v) is 13.7. The Morgan fingerprint density at radius 3 is 2.06 bits per heavy atom. The number of ketones is 2. The van der Waals surface area contributed by atoms with Crippen LogP contribution in [0.4, 0.5) is 0 Å².